The molecule has 6 heteroatoms. The van der Waals surface area contributed by atoms with Gasteiger partial charge in [-0.05, 0) is 49.3 Å². The van der Waals surface area contributed by atoms with E-state index in [9.17, 15) is 19.5 Å². The number of carboxylic acid groups (broad SMARTS) is 1. The van der Waals surface area contributed by atoms with Gasteiger partial charge in [0.05, 0.1) is 12.3 Å². The second-order valence-corrected chi connectivity index (χ2v) is 8.10. The van der Waals surface area contributed by atoms with Crippen LogP contribution in [0.1, 0.15) is 55.1 Å². The molecule has 26 heavy (non-hydrogen) atoms. The fourth-order valence-electron chi connectivity index (χ4n) is 3.17. The summed E-state index contributed by atoms with van der Waals surface area (Å²) in [7, 11) is 0. The van der Waals surface area contributed by atoms with E-state index < -0.39 is 18.0 Å². The molecule has 1 amide bonds. The Morgan fingerprint density at radius 1 is 1.27 bits per heavy atom. The number of ether oxygens (including phenoxy) is 1. The lowest BCUT2D eigenvalue weighted by Gasteiger charge is -2.21. The summed E-state index contributed by atoms with van der Waals surface area (Å²) in [6.45, 7) is 10.1. The van der Waals surface area contributed by atoms with E-state index in [1.807, 2.05) is 33.8 Å². The summed E-state index contributed by atoms with van der Waals surface area (Å²) in [5.41, 5.74) is 2.23. The van der Waals surface area contributed by atoms with Crippen LogP contribution in [0.4, 0.5) is 10.5 Å². The quantitative estimate of drug-likeness (QED) is 0.650. The molecule has 2 rings (SSSR count). The van der Waals surface area contributed by atoms with E-state index in [0.717, 1.165) is 10.5 Å². The normalized spacial score (nSPS) is 17.5. The third-order valence-corrected chi connectivity index (χ3v) is 4.55. The Bertz CT molecular complexity index is 732. The van der Waals surface area contributed by atoms with Gasteiger partial charge in [0.25, 0.3) is 0 Å². The summed E-state index contributed by atoms with van der Waals surface area (Å²) in [6.07, 6.45) is -0.324. The molecular weight excluding hydrogens is 334 g/mol. The van der Waals surface area contributed by atoms with Gasteiger partial charge in [-0.2, -0.15) is 0 Å². The highest BCUT2D eigenvalue weighted by Crippen LogP contribution is 2.33. The minimum atomic E-state index is -1.13. The van der Waals surface area contributed by atoms with Crippen LogP contribution in [0.15, 0.2) is 12.1 Å². The van der Waals surface area contributed by atoms with Gasteiger partial charge < -0.3 is 9.84 Å². The average Bonchev–Trinajstić information content (AvgIpc) is 2.63. The number of fused-ring (bicyclic) bond motifs is 1. The maximum Gasteiger partial charge on any atom is 0.411 e. The van der Waals surface area contributed by atoms with Crippen molar-refractivity contribution in [2.75, 3.05) is 18.1 Å². The van der Waals surface area contributed by atoms with Crippen LogP contribution in [-0.2, 0) is 9.53 Å². The summed E-state index contributed by atoms with van der Waals surface area (Å²) < 4.78 is 5.33. The minimum Gasteiger partial charge on any atom is -0.465 e. The molecule has 0 bridgehead atoms. The van der Waals surface area contributed by atoms with Crippen molar-refractivity contribution in [1.29, 1.82) is 0 Å². The number of nitrogens with zero attached hydrogens (tertiary/aromatic N) is 1. The molecule has 0 fully saturated rings. The first-order chi connectivity index (χ1) is 12.0. The van der Waals surface area contributed by atoms with E-state index in [4.69, 9.17) is 4.74 Å². The van der Waals surface area contributed by atoms with Gasteiger partial charge in [-0.25, -0.2) is 4.79 Å². The number of anilines is 1. The zero-order chi connectivity index (χ0) is 19.6. The monoisotopic (exact) mass is 361 g/mol. The number of carbonyl (C=O) groups excluding carboxylic acids is 2. The van der Waals surface area contributed by atoms with E-state index >= 15 is 0 Å². The molecule has 1 aliphatic rings. The molecule has 0 saturated heterocycles. The number of hydrogen-bond donors (Lipinski definition) is 1. The molecule has 1 atom stereocenters. The molecule has 1 aromatic carbocycles. The Hall–Kier alpha value is -2.37. The highest BCUT2D eigenvalue weighted by molar-refractivity contribution is 6.14. The number of amides is 1. The first-order valence-corrected chi connectivity index (χ1v) is 8.84. The van der Waals surface area contributed by atoms with Crippen molar-refractivity contribution in [2.45, 2.75) is 47.5 Å². The number of aryl methyl sites for hydroxylation is 2. The third kappa shape index (κ3) is 4.42. The molecule has 6 nitrogen and oxygen atoms in total. The number of esters is 1. The molecule has 0 aromatic heterocycles. The Morgan fingerprint density at radius 3 is 2.50 bits per heavy atom. The molecule has 1 unspecified atom stereocenters. The summed E-state index contributed by atoms with van der Waals surface area (Å²) in [5.74, 6) is -1.91. The lowest BCUT2D eigenvalue weighted by molar-refractivity contribution is -0.147. The summed E-state index contributed by atoms with van der Waals surface area (Å²) in [6, 6.07) is 3.49. The van der Waals surface area contributed by atoms with Gasteiger partial charge in [-0.3, -0.25) is 14.5 Å². The largest absolute Gasteiger partial charge is 0.465 e. The minimum absolute atomic E-state index is 0.0225. The first-order valence-electron chi connectivity index (χ1n) is 8.84. The van der Waals surface area contributed by atoms with Gasteiger partial charge in [-0.15, -0.1) is 0 Å². The Morgan fingerprint density at radius 2 is 1.92 bits per heavy atom. The van der Waals surface area contributed by atoms with Crippen molar-refractivity contribution < 1.29 is 24.2 Å². The smallest absolute Gasteiger partial charge is 0.411 e. The van der Waals surface area contributed by atoms with Crippen molar-refractivity contribution >= 4 is 23.5 Å². The number of ketones is 1. The van der Waals surface area contributed by atoms with Crippen molar-refractivity contribution in [3.8, 4) is 0 Å². The first kappa shape index (κ1) is 19.9. The van der Waals surface area contributed by atoms with Gasteiger partial charge in [0, 0.05) is 12.1 Å². The molecule has 1 N–H and O–H groups in total. The number of Topliss-reactive ketones (excluding diaryl/α,β-unsaturated/α-hetero) is 1. The fourth-order valence-corrected chi connectivity index (χ4v) is 3.17. The van der Waals surface area contributed by atoms with Crippen molar-refractivity contribution in [1.82, 2.24) is 0 Å². The van der Waals surface area contributed by atoms with Gasteiger partial charge in [0.1, 0.15) is 5.92 Å². The Labute approximate surface area is 154 Å². The summed E-state index contributed by atoms with van der Waals surface area (Å²) in [5, 5.41) is 9.54. The second kappa shape index (κ2) is 7.48. The van der Waals surface area contributed by atoms with Crippen LogP contribution in [0.5, 0.6) is 0 Å². The van der Waals surface area contributed by atoms with Gasteiger partial charge >= 0.3 is 12.1 Å². The molecular formula is C20H27NO5. The molecule has 0 aliphatic carbocycles. The number of hydrogen-bond acceptors (Lipinski definition) is 4. The van der Waals surface area contributed by atoms with Crippen LogP contribution in [0.25, 0.3) is 0 Å². The zero-order valence-corrected chi connectivity index (χ0v) is 16.1. The highest BCUT2D eigenvalue weighted by Gasteiger charge is 2.37. The molecule has 1 heterocycles. The topological polar surface area (TPSA) is 83.9 Å². The predicted molar refractivity (Wildman–Crippen MR) is 98.8 cm³/mol. The fraction of sp³-hybridized carbons (Fsp3) is 0.550. The summed E-state index contributed by atoms with van der Waals surface area (Å²) >= 11 is 0. The van der Waals surface area contributed by atoms with Gasteiger partial charge in [-0.1, -0.05) is 26.8 Å². The van der Waals surface area contributed by atoms with E-state index in [1.54, 1.807) is 13.0 Å². The lowest BCUT2D eigenvalue weighted by atomic mass is 9.92. The Kier molecular flexibility index (Phi) is 5.74. The van der Waals surface area contributed by atoms with E-state index in [-0.39, 0.29) is 36.3 Å². The average molecular weight is 361 g/mol. The molecule has 1 aliphatic heterocycles. The summed E-state index contributed by atoms with van der Waals surface area (Å²) in [4.78, 5) is 38.3. The number of carbonyl (C=O) groups is 3. The van der Waals surface area contributed by atoms with E-state index in [0.29, 0.717) is 17.7 Å². The van der Waals surface area contributed by atoms with Crippen molar-refractivity contribution in [3.05, 3.63) is 28.8 Å². The van der Waals surface area contributed by atoms with E-state index in [1.165, 1.54) is 0 Å². The SMILES string of the molecule is Cc1cc(C)c2c(c1)C(=O)C(C(=O)OCCC(C)(C)C)CCN2C(=O)O. The van der Waals surface area contributed by atoms with Crippen LogP contribution < -0.4 is 4.90 Å². The van der Waals surface area contributed by atoms with Crippen LogP contribution in [0.3, 0.4) is 0 Å². The lowest BCUT2D eigenvalue weighted by Crippen LogP contribution is -2.32. The highest BCUT2D eigenvalue weighted by atomic mass is 16.5. The van der Waals surface area contributed by atoms with Crippen LogP contribution >= 0.6 is 0 Å². The molecule has 0 spiro atoms. The molecule has 142 valence electrons. The third-order valence-electron chi connectivity index (χ3n) is 4.55. The van der Waals surface area contributed by atoms with E-state index in [2.05, 4.69) is 0 Å². The number of benzene rings is 1. The molecule has 0 radical (unpaired) electrons. The Balaban J connectivity index is 2.31. The number of rotatable bonds is 3. The second-order valence-electron chi connectivity index (χ2n) is 8.10. The molecule has 0 saturated carbocycles. The van der Waals surface area contributed by atoms with Crippen molar-refractivity contribution in [2.24, 2.45) is 11.3 Å². The maximum atomic E-state index is 13.0. The predicted octanol–water partition coefficient (Wildman–Crippen LogP) is 3.97. The standard InChI is InChI=1S/C20H27NO5/c1-12-10-13(2)16-15(11-12)17(22)14(6-8-21(16)19(24)25)18(23)26-9-7-20(3,4)5/h10-11,14H,6-9H2,1-5H3,(H,24,25). The van der Waals surface area contributed by atoms with Crippen molar-refractivity contribution in [3.63, 3.8) is 0 Å². The van der Waals surface area contributed by atoms with Gasteiger partial charge in [0.15, 0.2) is 5.78 Å². The zero-order valence-electron chi connectivity index (χ0n) is 16.1. The maximum absolute atomic E-state index is 13.0. The van der Waals surface area contributed by atoms with Crippen LogP contribution in [0, 0.1) is 25.2 Å². The molecule has 1 aromatic rings. The van der Waals surface area contributed by atoms with Gasteiger partial charge in [0.2, 0.25) is 0 Å². The van der Waals surface area contributed by atoms with Crippen LogP contribution in [0.2, 0.25) is 0 Å². The van der Waals surface area contributed by atoms with Crippen LogP contribution in [-0.4, -0.2) is 36.1 Å².